The fourth-order valence-corrected chi connectivity index (χ4v) is 1.57. The fraction of sp³-hybridized carbons (Fsp3) is 0.231. The number of oxazole rings is 1. The summed E-state index contributed by atoms with van der Waals surface area (Å²) in [6.07, 6.45) is 0. The Morgan fingerprint density at radius 1 is 1.18 bits per heavy atom. The van der Waals surface area contributed by atoms with Gasteiger partial charge in [-0.3, -0.25) is 4.79 Å². The second-order valence-corrected chi connectivity index (χ2v) is 3.97. The lowest BCUT2D eigenvalue weighted by Gasteiger charge is -2.03. The van der Waals surface area contributed by atoms with E-state index in [1.54, 1.807) is 13.8 Å². The van der Waals surface area contributed by atoms with Gasteiger partial charge in [0.2, 0.25) is 5.76 Å². The zero-order chi connectivity index (χ0) is 12.4. The first-order chi connectivity index (χ1) is 8.06. The highest BCUT2D eigenvalue weighted by atomic mass is 16.4. The van der Waals surface area contributed by atoms with E-state index in [0.29, 0.717) is 11.6 Å². The summed E-state index contributed by atoms with van der Waals surface area (Å²) in [5.74, 6) is 0.492. The van der Waals surface area contributed by atoms with Crippen molar-refractivity contribution >= 4 is 11.6 Å². The topological polar surface area (TPSA) is 55.1 Å². The molecule has 0 fully saturated rings. The van der Waals surface area contributed by atoms with Crippen LogP contribution in [0, 0.1) is 20.8 Å². The van der Waals surface area contributed by atoms with E-state index < -0.39 is 0 Å². The van der Waals surface area contributed by atoms with Crippen LogP contribution in [0.4, 0.5) is 5.69 Å². The number of nitrogens with zero attached hydrogens (tertiary/aromatic N) is 1. The summed E-state index contributed by atoms with van der Waals surface area (Å²) in [4.78, 5) is 15.9. The Kier molecular flexibility index (Phi) is 2.95. The smallest absolute Gasteiger partial charge is 0.293 e. The highest BCUT2D eigenvalue weighted by Gasteiger charge is 2.15. The van der Waals surface area contributed by atoms with Crippen molar-refractivity contribution < 1.29 is 9.21 Å². The van der Waals surface area contributed by atoms with E-state index in [-0.39, 0.29) is 11.7 Å². The number of rotatable bonds is 2. The molecular formula is C13H14N2O2. The Morgan fingerprint density at radius 2 is 1.82 bits per heavy atom. The van der Waals surface area contributed by atoms with Crippen molar-refractivity contribution in [1.29, 1.82) is 0 Å². The molecule has 0 aliphatic rings. The number of carbonyl (C=O) groups excluding carboxylic acids is 1. The Balaban J connectivity index is 2.17. The lowest BCUT2D eigenvalue weighted by Crippen LogP contribution is -2.12. The lowest BCUT2D eigenvalue weighted by atomic mass is 10.2. The van der Waals surface area contributed by atoms with E-state index >= 15 is 0 Å². The first-order valence-electron chi connectivity index (χ1n) is 5.38. The molecule has 1 amide bonds. The predicted octanol–water partition coefficient (Wildman–Crippen LogP) is 2.85. The third kappa shape index (κ3) is 2.53. The first kappa shape index (κ1) is 11.4. The van der Waals surface area contributed by atoms with Gasteiger partial charge in [0.15, 0.2) is 5.89 Å². The average molecular weight is 230 g/mol. The van der Waals surface area contributed by atoms with E-state index in [2.05, 4.69) is 10.3 Å². The molecule has 4 nitrogen and oxygen atoms in total. The molecule has 0 atom stereocenters. The maximum atomic E-state index is 11.9. The minimum atomic E-state index is -0.271. The Hall–Kier alpha value is -2.10. The second-order valence-electron chi connectivity index (χ2n) is 3.97. The molecule has 0 spiro atoms. The Bertz CT molecular complexity index is 541. The molecule has 1 aromatic carbocycles. The molecular weight excluding hydrogens is 216 g/mol. The molecule has 0 radical (unpaired) electrons. The lowest BCUT2D eigenvalue weighted by molar-refractivity contribution is 0.0994. The largest absolute Gasteiger partial charge is 0.436 e. The normalized spacial score (nSPS) is 10.3. The summed E-state index contributed by atoms with van der Waals surface area (Å²) in [6, 6.07) is 7.58. The van der Waals surface area contributed by atoms with Crippen LogP contribution in [0.25, 0.3) is 0 Å². The summed E-state index contributed by atoms with van der Waals surface area (Å²) >= 11 is 0. The molecule has 4 heteroatoms. The molecule has 0 unspecified atom stereocenters. The molecule has 2 aromatic rings. The van der Waals surface area contributed by atoms with Crippen molar-refractivity contribution in [3.8, 4) is 0 Å². The number of amides is 1. The van der Waals surface area contributed by atoms with Crippen molar-refractivity contribution in [2.75, 3.05) is 5.32 Å². The molecule has 2 rings (SSSR count). The van der Waals surface area contributed by atoms with Crippen molar-refractivity contribution in [2.45, 2.75) is 20.8 Å². The van der Waals surface area contributed by atoms with Gasteiger partial charge in [-0.05, 0) is 26.0 Å². The average Bonchev–Trinajstić information content (AvgIpc) is 2.61. The highest BCUT2D eigenvalue weighted by molar-refractivity contribution is 6.02. The SMILES string of the molecule is Cc1ccc(NC(=O)c2oc(C)nc2C)cc1. The van der Waals surface area contributed by atoms with Gasteiger partial charge < -0.3 is 9.73 Å². The van der Waals surface area contributed by atoms with Gasteiger partial charge in [0.25, 0.3) is 5.91 Å². The molecule has 1 N–H and O–H groups in total. The first-order valence-corrected chi connectivity index (χ1v) is 5.38. The molecule has 0 aliphatic carbocycles. The molecule has 0 saturated carbocycles. The van der Waals surface area contributed by atoms with Crippen LogP contribution < -0.4 is 5.32 Å². The molecule has 0 bridgehead atoms. The Labute approximate surface area is 99.7 Å². The van der Waals surface area contributed by atoms with Gasteiger partial charge in [-0.1, -0.05) is 17.7 Å². The number of aromatic nitrogens is 1. The number of benzene rings is 1. The molecule has 1 heterocycles. The number of carbonyl (C=O) groups is 1. The van der Waals surface area contributed by atoms with Crippen LogP contribution in [0.5, 0.6) is 0 Å². The summed E-state index contributed by atoms with van der Waals surface area (Å²) in [6.45, 7) is 5.46. The maximum Gasteiger partial charge on any atom is 0.293 e. The minimum absolute atomic E-state index is 0.267. The third-order valence-corrected chi connectivity index (χ3v) is 2.42. The van der Waals surface area contributed by atoms with Crippen molar-refractivity contribution in [3.63, 3.8) is 0 Å². The third-order valence-electron chi connectivity index (χ3n) is 2.42. The van der Waals surface area contributed by atoms with Crippen LogP contribution in [-0.4, -0.2) is 10.9 Å². The second kappa shape index (κ2) is 4.41. The zero-order valence-corrected chi connectivity index (χ0v) is 10.1. The number of anilines is 1. The standard InChI is InChI=1S/C13H14N2O2/c1-8-4-6-11(7-5-8)15-13(16)12-9(2)14-10(3)17-12/h4-7H,1-3H3,(H,15,16). The monoisotopic (exact) mass is 230 g/mol. The quantitative estimate of drug-likeness (QED) is 0.863. The van der Waals surface area contributed by atoms with Crippen LogP contribution in [-0.2, 0) is 0 Å². The van der Waals surface area contributed by atoms with Gasteiger partial charge >= 0.3 is 0 Å². The highest BCUT2D eigenvalue weighted by Crippen LogP contribution is 2.14. The van der Waals surface area contributed by atoms with Crippen molar-refractivity contribution in [1.82, 2.24) is 4.98 Å². The van der Waals surface area contributed by atoms with Gasteiger partial charge in [-0.15, -0.1) is 0 Å². The van der Waals surface area contributed by atoms with Crippen molar-refractivity contribution in [2.24, 2.45) is 0 Å². The van der Waals surface area contributed by atoms with Crippen LogP contribution in [0.15, 0.2) is 28.7 Å². The number of aryl methyl sites for hydroxylation is 3. The van der Waals surface area contributed by atoms with E-state index in [9.17, 15) is 4.79 Å². The Morgan fingerprint density at radius 3 is 2.35 bits per heavy atom. The van der Waals surface area contributed by atoms with E-state index in [1.807, 2.05) is 31.2 Å². The van der Waals surface area contributed by atoms with E-state index in [0.717, 1.165) is 11.3 Å². The minimum Gasteiger partial charge on any atom is -0.436 e. The van der Waals surface area contributed by atoms with Gasteiger partial charge in [0.05, 0.1) is 5.69 Å². The van der Waals surface area contributed by atoms with Gasteiger partial charge in [-0.25, -0.2) is 4.98 Å². The van der Waals surface area contributed by atoms with Crippen LogP contribution in [0.3, 0.4) is 0 Å². The summed E-state index contributed by atoms with van der Waals surface area (Å²) < 4.78 is 5.25. The van der Waals surface area contributed by atoms with Crippen LogP contribution in [0.1, 0.15) is 27.7 Å². The molecule has 0 saturated heterocycles. The zero-order valence-electron chi connectivity index (χ0n) is 10.1. The van der Waals surface area contributed by atoms with Crippen molar-refractivity contribution in [3.05, 3.63) is 47.2 Å². The summed E-state index contributed by atoms with van der Waals surface area (Å²) in [5.41, 5.74) is 2.50. The predicted molar refractivity (Wildman–Crippen MR) is 65.1 cm³/mol. The molecule has 0 aliphatic heterocycles. The van der Waals surface area contributed by atoms with Gasteiger partial charge in [0.1, 0.15) is 0 Å². The number of hydrogen-bond acceptors (Lipinski definition) is 3. The van der Waals surface area contributed by atoms with Gasteiger partial charge in [0, 0.05) is 12.6 Å². The number of nitrogens with one attached hydrogen (secondary N) is 1. The van der Waals surface area contributed by atoms with Crippen LogP contribution in [0.2, 0.25) is 0 Å². The summed E-state index contributed by atoms with van der Waals surface area (Å²) in [5, 5.41) is 2.77. The molecule has 17 heavy (non-hydrogen) atoms. The fourth-order valence-electron chi connectivity index (χ4n) is 1.57. The van der Waals surface area contributed by atoms with Gasteiger partial charge in [-0.2, -0.15) is 0 Å². The number of hydrogen-bond donors (Lipinski definition) is 1. The molecule has 1 aromatic heterocycles. The van der Waals surface area contributed by atoms with E-state index in [1.165, 1.54) is 0 Å². The van der Waals surface area contributed by atoms with E-state index in [4.69, 9.17) is 4.42 Å². The van der Waals surface area contributed by atoms with Crippen LogP contribution >= 0.6 is 0 Å². The molecule has 88 valence electrons. The maximum absolute atomic E-state index is 11.9. The summed E-state index contributed by atoms with van der Waals surface area (Å²) in [7, 11) is 0.